The molecule has 0 fully saturated rings. The summed E-state index contributed by atoms with van der Waals surface area (Å²) in [6, 6.07) is 26.1. The van der Waals surface area contributed by atoms with E-state index in [1.54, 1.807) is 0 Å². The first-order valence-electron chi connectivity index (χ1n) is 9.73. The lowest BCUT2D eigenvalue weighted by Gasteiger charge is -2.16. The standard InChI is InChI=1S/C24H22N4OS/c1-17(18-11-13-20(14-12-18)19-7-3-2-4-8-19)27-23(29)22-10-6-5-9-21(22)15-30-24-25-16-26-28-24/h2-14,16-17H,15H2,1H3,(H,27,29)(H,25,26,28). The highest BCUT2D eigenvalue weighted by atomic mass is 32.2. The molecule has 1 atom stereocenters. The van der Waals surface area contributed by atoms with Gasteiger partial charge in [-0.05, 0) is 35.2 Å². The summed E-state index contributed by atoms with van der Waals surface area (Å²) >= 11 is 1.52. The van der Waals surface area contributed by atoms with E-state index < -0.39 is 0 Å². The highest BCUT2D eigenvalue weighted by molar-refractivity contribution is 7.98. The van der Waals surface area contributed by atoms with Gasteiger partial charge in [0.15, 0.2) is 5.16 Å². The maximum Gasteiger partial charge on any atom is 0.252 e. The Balaban J connectivity index is 1.43. The topological polar surface area (TPSA) is 70.7 Å². The summed E-state index contributed by atoms with van der Waals surface area (Å²) in [4.78, 5) is 17.1. The monoisotopic (exact) mass is 414 g/mol. The molecule has 0 aliphatic heterocycles. The SMILES string of the molecule is CC(NC(=O)c1ccccc1CSc1ncn[nH]1)c1ccc(-c2ccccc2)cc1. The molecule has 2 N–H and O–H groups in total. The van der Waals surface area contributed by atoms with Crippen LogP contribution in [0.25, 0.3) is 11.1 Å². The third-order valence-corrected chi connectivity index (χ3v) is 5.81. The number of amides is 1. The number of benzene rings is 3. The van der Waals surface area contributed by atoms with Crippen molar-refractivity contribution < 1.29 is 4.79 Å². The third-order valence-electron chi connectivity index (χ3n) is 4.88. The zero-order valence-electron chi connectivity index (χ0n) is 16.6. The van der Waals surface area contributed by atoms with Crippen LogP contribution in [0.2, 0.25) is 0 Å². The lowest BCUT2D eigenvalue weighted by Crippen LogP contribution is -2.27. The van der Waals surface area contributed by atoms with Gasteiger partial charge in [0.05, 0.1) is 6.04 Å². The molecule has 0 aliphatic carbocycles. The van der Waals surface area contributed by atoms with Gasteiger partial charge >= 0.3 is 0 Å². The first-order valence-corrected chi connectivity index (χ1v) is 10.7. The van der Waals surface area contributed by atoms with E-state index in [9.17, 15) is 4.79 Å². The van der Waals surface area contributed by atoms with Crippen LogP contribution in [0.15, 0.2) is 90.3 Å². The van der Waals surface area contributed by atoms with Crippen molar-refractivity contribution in [2.45, 2.75) is 23.9 Å². The summed E-state index contributed by atoms with van der Waals surface area (Å²) in [5.74, 6) is 0.558. The second-order valence-electron chi connectivity index (χ2n) is 6.92. The van der Waals surface area contributed by atoms with Crippen LogP contribution in [0.1, 0.15) is 34.5 Å². The molecule has 1 amide bonds. The molecular weight excluding hydrogens is 392 g/mol. The van der Waals surface area contributed by atoms with E-state index in [1.165, 1.54) is 23.7 Å². The molecule has 0 radical (unpaired) electrons. The minimum Gasteiger partial charge on any atom is -0.346 e. The molecule has 3 aromatic carbocycles. The molecular formula is C24H22N4OS. The second kappa shape index (κ2) is 9.41. The Hall–Kier alpha value is -3.38. The third kappa shape index (κ3) is 4.78. The van der Waals surface area contributed by atoms with E-state index in [2.05, 4.69) is 56.9 Å². The Bertz CT molecular complexity index is 1100. The number of thioether (sulfide) groups is 1. The molecule has 4 rings (SSSR count). The maximum atomic E-state index is 12.9. The summed E-state index contributed by atoms with van der Waals surface area (Å²) in [6.45, 7) is 2.00. The van der Waals surface area contributed by atoms with Crippen molar-refractivity contribution in [2.75, 3.05) is 0 Å². The van der Waals surface area contributed by atoms with Gasteiger partial charge in [-0.1, -0.05) is 84.6 Å². The number of aromatic amines is 1. The van der Waals surface area contributed by atoms with E-state index in [-0.39, 0.29) is 11.9 Å². The Morgan fingerprint density at radius 2 is 1.67 bits per heavy atom. The van der Waals surface area contributed by atoms with Gasteiger partial charge in [0.25, 0.3) is 5.91 Å². The number of aromatic nitrogens is 3. The highest BCUT2D eigenvalue weighted by Gasteiger charge is 2.15. The number of carbonyl (C=O) groups is 1. The van der Waals surface area contributed by atoms with Crippen molar-refractivity contribution in [3.8, 4) is 11.1 Å². The maximum absolute atomic E-state index is 12.9. The lowest BCUT2D eigenvalue weighted by atomic mass is 10.0. The molecule has 5 nitrogen and oxygen atoms in total. The normalized spacial score (nSPS) is 11.8. The quantitative estimate of drug-likeness (QED) is 0.405. The van der Waals surface area contributed by atoms with E-state index >= 15 is 0 Å². The second-order valence-corrected chi connectivity index (χ2v) is 7.88. The number of rotatable bonds is 7. The number of nitrogens with zero attached hydrogens (tertiary/aromatic N) is 2. The van der Waals surface area contributed by atoms with Gasteiger partial charge < -0.3 is 5.32 Å². The van der Waals surface area contributed by atoms with Crippen molar-refractivity contribution >= 4 is 17.7 Å². The average molecular weight is 415 g/mol. The Morgan fingerprint density at radius 3 is 2.40 bits per heavy atom. The van der Waals surface area contributed by atoms with E-state index in [0.717, 1.165) is 21.8 Å². The molecule has 4 aromatic rings. The zero-order valence-corrected chi connectivity index (χ0v) is 17.4. The first-order chi connectivity index (χ1) is 14.7. The first kappa shape index (κ1) is 19.9. The molecule has 0 spiro atoms. The minimum atomic E-state index is -0.0997. The molecule has 6 heteroatoms. The van der Waals surface area contributed by atoms with Crippen LogP contribution >= 0.6 is 11.8 Å². The van der Waals surface area contributed by atoms with Crippen molar-refractivity contribution in [3.05, 3.63) is 102 Å². The number of hydrogen-bond donors (Lipinski definition) is 2. The summed E-state index contributed by atoms with van der Waals surface area (Å²) < 4.78 is 0. The largest absolute Gasteiger partial charge is 0.346 e. The van der Waals surface area contributed by atoms with Gasteiger partial charge in [0.1, 0.15) is 6.33 Å². The fourth-order valence-electron chi connectivity index (χ4n) is 3.23. The van der Waals surface area contributed by atoms with Crippen LogP contribution in [0, 0.1) is 0 Å². The van der Waals surface area contributed by atoms with Gasteiger partial charge in [-0.25, -0.2) is 4.98 Å². The van der Waals surface area contributed by atoms with Crippen LogP contribution in [0.4, 0.5) is 0 Å². The predicted molar refractivity (Wildman–Crippen MR) is 120 cm³/mol. The zero-order chi connectivity index (χ0) is 20.8. The molecule has 1 aromatic heterocycles. The van der Waals surface area contributed by atoms with Crippen molar-refractivity contribution in [1.29, 1.82) is 0 Å². The van der Waals surface area contributed by atoms with Crippen molar-refractivity contribution in [1.82, 2.24) is 20.5 Å². The predicted octanol–water partition coefficient (Wildman–Crippen LogP) is 5.26. The van der Waals surface area contributed by atoms with E-state index in [1.807, 2.05) is 49.4 Å². The molecule has 1 unspecified atom stereocenters. The Morgan fingerprint density at radius 1 is 0.967 bits per heavy atom. The summed E-state index contributed by atoms with van der Waals surface area (Å²) in [5, 5.41) is 10.5. The van der Waals surface area contributed by atoms with Gasteiger partial charge in [0.2, 0.25) is 0 Å². The van der Waals surface area contributed by atoms with Crippen molar-refractivity contribution in [2.24, 2.45) is 0 Å². The molecule has 0 saturated heterocycles. The fourth-order valence-corrected chi connectivity index (χ4v) is 4.01. The molecule has 0 aliphatic rings. The Labute approximate surface area is 180 Å². The van der Waals surface area contributed by atoms with Crippen molar-refractivity contribution in [3.63, 3.8) is 0 Å². The van der Waals surface area contributed by atoms with Gasteiger partial charge in [-0.3, -0.25) is 9.89 Å². The highest BCUT2D eigenvalue weighted by Crippen LogP contribution is 2.24. The summed E-state index contributed by atoms with van der Waals surface area (Å²) in [7, 11) is 0. The van der Waals surface area contributed by atoms with Gasteiger partial charge in [-0.15, -0.1) is 0 Å². The van der Waals surface area contributed by atoms with Crippen LogP contribution in [0.5, 0.6) is 0 Å². The van der Waals surface area contributed by atoms with Crippen LogP contribution in [-0.2, 0) is 5.75 Å². The number of H-pyrrole nitrogens is 1. The van der Waals surface area contributed by atoms with Crippen LogP contribution in [0.3, 0.4) is 0 Å². The number of hydrogen-bond acceptors (Lipinski definition) is 4. The number of nitrogens with one attached hydrogen (secondary N) is 2. The van der Waals surface area contributed by atoms with Gasteiger partial charge in [0, 0.05) is 11.3 Å². The molecule has 0 bridgehead atoms. The van der Waals surface area contributed by atoms with Crippen LogP contribution < -0.4 is 5.32 Å². The molecule has 30 heavy (non-hydrogen) atoms. The Kier molecular flexibility index (Phi) is 6.25. The fraction of sp³-hybridized carbons (Fsp3) is 0.125. The van der Waals surface area contributed by atoms with E-state index in [4.69, 9.17) is 0 Å². The summed E-state index contributed by atoms with van der Waals surface area (Å²) in [5.41, 5.74) is 5.04. The van der Waals surface area contributed by atoms with E-state index in [0.29, 0.717) is 11.3 Å². The minimum absolute atomic E-state index is 0.0802. The number of carbonyl (C=O) groups excluding carboxylic acids is 1. The average Bonchev–Trinajstić information content (AvgIpc) is 3.32. The molecule has 0 saturated carbocycles. The lowest BCUT2D eigenvalue weighted by molar-refractivity contribution is 0.0939. The summed E-state index contributed by atoms with van der Waals surface area (Å²) in [6.07, 6.45) is 1.48. The molecule has 1 heterocycles. The van der Waals surface area contributed by atoms with Crippen LogP contribution in [-0.4, -0.2) is 21.1 Å². The molecule has 150 valence electrons. The smallest absolute Gasteiger partial charge is 0.252 e. The van der Waals surface area contributed by atoms with Gasteiger partial charge in [-0.2, -0.15) is 5.10 Å².